The third-order valence-electron chi connectivity index (χ3n) is 9.00. The zero-order chi connectivity index (χ0) is 28.4. The van der Waals surface area contributed by atoms with E-state index in [2.05, 4.69) is 116 Å². The van der Waals surface area contributed by atoms with Gasteiger partial charge in [0.25, 0.3) is 0 Å². The van der Waals surface area contributed by atoms with Gasteiger partial charge in [-0.1, -0.05) is 98.8 Å². The van der Waals surface area contributed by atoms with Crippen LogP contribution in [0.3, 0.4) is 0 Å². The molecule has 0 bridgehead atoms. The Morgan fingerprint density at radius 3 is 1.98 bits per heavy atom. The molecule has 1 aliphatic rings. The first-order chi connectivity index (χ1) is 20.6. The lowest BCUT2D eigenvalue weighted by molar-refractivity contribution is 0.667. The maximum atomic E-state index is 9.96. The summed E-state index contributed by atoms with van der Waals surface area (Å²) >= 11 is 0. The Balaban J connectivity index is 1.38. The molecule has 1 aliphatic carbocycles. The molecule has 2 heteroatoms. The monoisotopic (exact) mass is 536 g/mol. The summed E-state index contributed by atoms with van der Waals surface area (Å²) in [5.74, 6) is 0. The predicted molar refractivity (Wildman–Crippen MR) is 176 cm³/mol. The molecule has 0 atom stereocenters. The van der Waals surface area contributed by atoms with Crippen molar-refractivity contribution in [1.29, 1.82) is 5.26 Å². The van der Waals surface area contributed by atoms with Gasteiger partial charge in [-0.15, -0.1) is 0 Å². The van der Waals surface area contributed by atoms with Gasteiger partial charge in [0.15, 0.2) is 0 Å². The summed E-state index contributed by atoms with van der Waals surface area (Å²) in [5.41, 5.74) is 8.86. The summed E-state index contributed by atoms with van der Waals surface area (Å²) in [6.45, 7) is 4.74. The van der Waals surface area contributed by atoms with Crippen LogP contribution in [0, 0.1) is 11.3 Å². The lowest BCUT2D eigenvalue weighted by atomic mass is 9.79. The molecule has 42 heavy (non-hydrogen) atoms. The van der Waals surface area contributed by atoms with Gasteiger partial charge in [0.05, 0.1) is 11.3 Å². The van der Waals surface area contributed by atoms with E-state index in [4.69, 9.17) is 0 Å². The van der Waals surface area contributed by atoms with Crippen LogP contribution in [-0.4, -0.2) is 0 Å². The highest BCUT2D eigenvalue weighted by Crippen LogP contribution is 2.55. The molecular weight excluding hydrogens is 508 g/mol. The van der Waals surface area contributed by atoms with Gasteiger partial charge < -0.3 is 4.90 Å². The first kappa shape index (κ1) is 24.4. The molecule has 0 amide bonds. The molecular formula is C40H28N2. The number of rotatable bonds is 3. The van der Waals surface area contributed by atoms with Gasteiger partial charge in [-0.3, -0.25) is 0 Å². The van der Waals surface area contributed by atoms with Crippen LogP contribution in [-0.2, 0) is 5.41 Å². The Morgan fingerprint density at radius 1 is 0.571 bits per heavy atom. The molecule has 0 heterocycles. The summed E-state index contributed by atoms with van der Waals surface area (Å²) in [6.07, 6.45) is 0. The third-order valence-corrected chi connectivity index (χ3v) is 9.00. The van der Waals surface area contributed by atoms with Crippen LogP contribution in [0.5, 0.6) is 0 Å². The molecule has 0 saturated heterocycles. The largest absolute Gasteiger partial charge is 0.309 e. The Hall–Kier alpha value is -5.39. The minimum Gasteiger partial charge on any atom is -0.309 e. The molecule has 0 spiro atoms. The highest BCUT2D eigenvalue weighted by molar-refractivity contribution is 6.19. The molecule has 0 radical (unpaired) electrons. The molecule has 0 N–H and O–H groups in total. The third kappa shape index (κ3) is 3.44. The van der Waals surface area contributed by atoms with Crippen LogP contribution in [0.15, 0.2) is 133 Å². The first-order valence-corrected chi connectivity index (χ1v) is 14.4. The van der Waals surface area contributed by atoms with E-state index in [-0.39, 0.29) is 5.41 Å². The van der Waals surface area contributed by atoms with Crippen molar-refractivity contribution in [3.8, 4) is 17.2 Å². The predicted octanol–water partition coefficient (Wildman–Crippen LogP) is 10.8. The minimum atomic E-state index is -0.162. The minimum absolute atomic E-state index is 0.162. The van der Waals surface area contributed by atoms with Crippen molar-refractivity contribution in [3.63, 3.8) is 0 Å². The number of nitrogens with zero attached hydrogens (tertiary/aromatic N) is 2. The number of fused-ring (bicyclic) bond motifs is 9. The zero-order valence-electron chi connectivity index (χ0n) is 23.6. The molecule has 2 nitrogen and oxygen atoms in total. The van der Waals surface area contributed by atoms with Crippen molar-refractivity contribution in [2.45, 2.75) is 19.3 Å². The summed E-state index contributed by atoms with van der Waals surface area (Å²) in [4.78, 5) is 2.19. The smallest absolute Gasteiger partial charge is 0.101 e. The van der Waals surface area contributed by atoms with Crippen molar-refractivity contribution in [1.82, 2.24) is 0 Å². The SMILES string of the molecule is CC1(C)c2cc3cc(N(c4ccccc4)c4ccccc4C#N)ccc3cc2-c2c1c1ccccc1c1ccccc21. The number of nitriles is 1. The van der Waals surface area contributed by atoms with E-state index >= 15 is 0 Å². The van der Waals surface area contributed by atoms with Crippen molar-refractivity contribution >= 4 is 49.4 Å². The number of hydrogen-bond donors (Lipinski definition) is 0. The van der Waals surface area contributed by atoms with E-state index in [1.54, 1.807) is 0 Å². The Morgan fingerprint density at radius 2 is 1.21 bits per heavy atom. The Bertz CT molecular complexity index is 2240. The van der Waals surface area contributed by atoms with Crippen LogP contribution in [0.2, 0.25) is 0 Å². The summed E-state index contributed by atoms with van der Waals surface area (Å²) in [7, 11) is 0. The molecule has 0 saturated carbocycles. The van der Waals surface area contributed by atoms with Gasteiger partial charge in [0.1, 0.15) is 6.07 Å². The highest BCUT2D eigenvalue weighted by atomic mass is 15.1. The van der Waals surface area contributed by atoms with E-state index in [0.29, 0.717) is 5.56 Å². The van der Waals surface area contributed by atoms with Crippen LogP contribution in [0.25, 0.3) is 43.4 Å². The molecule has 7 aromatic carbocycles. The standard InChI is InChI=1S/C40H28N2/c1-40(2)36-24-28-22-30(42(29-13-4-3-5-14-29)37-19-11-6-12-27(37)25-41)21-20-26(28)23-35(36)38-33-17-9-7-15-31(33)32-16-8-10-18-34(32)39(38)40/h3-24H,1-2H3. The molecule has 0 unspecified atom stereocenters. The molecule has 7 aromatic rings. The molecule has 0 aromatic heterocycles. The average Bonchev–Trinajstić information content (AvgIpc) is 3.27. The fraction of sp³-hybridized carbons (Fsp3) is 0.0750. The fourth-order valence-corrected chi connectivity index (χ4v) is 7.12. The zero-order valence-corrected chi connectivity index (χ0v) is 23.6. The van der Waals surface area contributed by atoms with Crippen LogP contribution in [0.1, 0.15) is 30.5 Å². The average molecular weight is 537 g/mol. The fourth-order valence-electron chi connectivity index (χ4n) is 7.12. The lowest BCUT2D eigenvalue weighted by Crippen LogP contribution is -2.15. The van der Waals surface area contributed by atoms with Crippen molar-refractivity contribution in [2.75, 3.05) is 4.90 Å². The van der Waals surface area contributed by atoms with E-state index < -0.39 is 0 Å². The second-order valence-corrected chi connectivity index (χ2v) is 11.7. The first-order valence-electron chi connectivity index (χ1n) is 14.4. The Labute approximate surface area is 245 Å². The number of anilines is 3. The van der Waals surface area contributed by atoms with Gasteiger partial charge in [0, 0.05) is 16.8 Å². The quantitative estimate of drug-likeness (QED) is 0.210. The van der Waals surface area contributed by atoms with Gasteiger partial charge in [-0.25, -0.2) is 0 Å². The van der Waals surface area contributed by atoms with Crippen LogP contribution >= 0.6 is 0 Å². The van der Waals surface area contributed by atoms with E-state index in [1.165, 1.54) is 54.6 Å². The van der Waals surface area contributed by atoms with Crippen molar-refractivity contribution < 1.29 is 0 Å². The van der Waals surface area contributed by atoms with Gasteiger partial charge in [0.2, 0.25) is 0 Å². The maximum Gasteiger partial charge on any atom is 0.101 e. The maximum absolute atomic E-state index is 9.96. The van der Waals surface area contributed by atoms with E-state index in [0.717, 1.165) is 17.1 Å². The molecule has 0 fully saturated rings. The summed E-state index contributed by atoms with van der Waals surface area (Å²) in [5, 5.41) is 17.6. The second kappa shape index (κ2) is 9.06. The topological polar surface area (TPSA) is 27.0 Å². The van der Waals surface area contributed by atoms with Crippen molar-refractivity contribution in [3.05, 3.63) is 150 Å². The summed E-state index contributed by atoms with van der Waals surface area (Å²) in [6, 6.07) is 49.7. The lowest BCUT2D eigenvalue weighted by Gasteiger charge is -2.27. The number of hydrogen-bond acceptors (Lipinski definition) is 2. The highest BCUT2D eigenvalue weighted by Gasteiger charge is 2.38. The number of benzene rings is 7. The molecule has 0 aliphatic heterocycles. The van der Waals surface area contributed by atoms with Crippen LogP contribution < -0.4 is 4.90 Å². The molecule has 8 rings (SSSR count). The second-order valence-electron chi connectivity index (χ2n) is 11.7. The van der Waals surface area contributed by atoms with Gasteiger partial charge in [-0.05, 0) is 103 Å². The Kier molecular flexibility index (Phi) is 5.27. The van der Waals surface area contributed by atoms with E-state index in [9.17, 15) is 5.26 Å². The van der Waals surface area contributed by atoms with Gasteiger partial charge >= 0.3 is 0 Å². The summed E-state index contributed by atoms with van der Waals surface area (Å²) < 4.78 is 0. The number of para-hydroxylation sites is 2. The van der Waals surface area contributed by atoms with Gasteiger partial charge in [-0.2, -0.15) is 5.26 Å². The van der Waals surface area contributed by atoms with Crippen molar-refractivity contribution in [2.24, 2.45) is 0 Å². The van der Waals surface area contributed by atoms with Crippen LogP contribution in [0.4, 0.5) is 17.1 Å². The van der Waals surface area contributed by atoms with E-state index in [1.807, 2.05) is 42.5 Å². The normalized spacial score (nSPS) is 13.2. The molecule has 198 valence electrons.